The molecule has 8 heteroatoms. The number of carbonyl (C=O) groups is 1. The summed E-state index contributed by atoms with van der Waals surface area (Å²) in [5.74, 6) is 0.654. The van der Waals surface area contributed by atoms with Crippen molar-refractivity contribution in [2.45, 2.75) is 18.9 Å². The Morgan fingerprint density at radius 3 is 2.72 bits per heavy atom. The number of carbonyl (C=O) groups excluding carboxylic acids is 1. The first-order chi connectivity index (χ1) is 11.9. The number of H-pyrrole nitrogens is 1. The van der Waals surface area contributed by atoms with Gasteiger partial charge >= 0.3 is 0 Å². The van der Waals surface area contributed by atoms with Gasteiger partial charge < -0.3 is 14.6 Å². The Morgan fingerprint density at radius 1 is 1.36 bits per heavy atom. The number of hydrogen-bond donors (Lipinski definition) is 2. The first-order valence-electron chi connectivity index (χ1n) is 8.02. The van der Waals surface area contributed by atoms with Gasteiger partial charge in [-0.3, -0.25) is 4.79 Å². The monoisotopic (exact) mass is 363 g/mol. The fraction of sp³-hybridized carbons (Fsp3) is 0.353. The molecule has 0 unspecified atom stereocenters. The van der Waals surface area contributed by atoms with Gasteiger partial charge in [0.2, 0.25) is 10.0 Å². The molecule has 0 bridgehead atoms. The second-order valence-electron chi connectivity index (χ2n) is 6.03. The minimum Gasteiger partial charge on any atom is -0.497 e. The summed E-state index contributed by atoms with van der Waals surface area (Å²) in [6.45, 7) is 4.29. The third-order valence-electron chi connectivity index (χ3n) is 4.39. The molecule has 0 aliphatic carbocycles. The van der Waals surface area contributed by atoms with Crippen LogP contribution in [0.5, 0.6) is 5.75 Å². The van der Waals surface area contributed by atoms with Gasteiger partial charge in [-0.15, -0.1) is 0 Å². The Kier molecular flexibility index (Phi) is 4.82. The van der Waals surface area contributed by atoms with E-state index in [1.165, 1.54) is 0 Å². The van der Waals surface area contributed by atoms with Crippen LogP contribution >= 0.6 is 0 Å². The molecule has 1 amide bonds. The van der Waals surface area contributed by atoms with E-state index in [1.807, 2.05) is 24.3 Å². The summed E-state index contributed by atoms with van der Waals surface area (Å²) < 4.78 is 30.8. The number of methoxy groups -OCH3 is 1. The average Bonchev–Trinajstić information content (AvgIpc) is 3.04. The van der Waals surface area contributed by atoms with Crippen molar-refractivity contribution < 1.29 is 17.9 Å². The van der Waals surface area contributed by atoms with Gasteiger partial charge in [-0.25, -0.2) is 13.1 Å². The predicted molar refractivity (Wildman–Crippen MR) is 96.0 cm³/mol. The van der Waals surface area contributed by atoms with Crippen LogP contribution in [-0.2, 0) is 10.0 Å². The van der Waals surface area contributed by atoms with Crippen LogP contribution in [0.3, 0.4) is 0 Å². The van der Waals surface area contributed by atoms with Crippen molar-refractivity contribution in [2.24, 2.45) is 0 Å². The van der Waals surface area contributed by atoms with Crippen molar-refractivity contribution in [1.29, 1.82) is 0 Å². The first kappa shape index (κ1) is 17.5. The third-order valence-corrected chi connectivity index (χ3v) is 5.49. The highest BCUT2D eigenvalue weighted by molar-refractivity contribution is 7.92. The van der Waals surface area contributed by atoms with Crippen LogP contribution in [0.25, 0.3) is 10.9 Å². The van der Waals surface area contributed by atoms with E-state index in [0.717, 1.165) is 22.1 Å². The molecule has 1 aromatic carbocycles. The average molecular weight is 363 g/mol. The van der Waals surface area contributed by atoms with Gasteiger partial charge in [0.05, 0.1) is 7.11 Å². The van der Waals surface area contributed by atoms with Gasteiger partial charge in [0.1, 0.15) is 11.4 Å². The van der Waals surface area contributed by atoms with E-state index in [1.54, 1.807) is 12.0 Å². The largest absolute Gasteiger partial charge is 0.497 e. The summed E-state index contributed by atoms with van der Waals surface area (Å²) in [5, 5.41) is 1.82. The zero-order chi connectivity index (χ0) is 18.0. The maximum atomic E-state index is 12.7. The standard InChI is InChI=1S/C17H21N3O4S/c1-3-25(22,23)19-13-6-8-20(9-7-13)17(21)16-11-12-10-14(24-2)4-5-15(12)18-16/h3-5,10-11,13,18-19H,1,6-9H2,2H3. The molecular formula is C17H21N3O4S. The molecule has 2 heterocycles. The molecule has 2 aromatic rings. The summed E-state index contributed by atoms with van der Waals surface area (Å²) in [7, 11) is -1.84. The number of hydrogen-bond acceptors (Lipinski definition) is 4. The van der Waals surface area contributed by atoms with Gasteiger partial charge in [-0.05, 0) is 37.1 Å². The molecule has 7 nitrogen and oxygen atoms in total. The van der Waals surface area contributed by atoms with Crippen molar-refractivity contribution in [3.05, 3.63) is 41.9 Å². The Morgan fingerprint density at radius 2 is 2.08 bits per heavy atom. The van der Waals surface area contributed by atoms with Crippen molar-refractivity contribution in [1.82, 2.24) is 14.6 Å². The second kappa shape index (κ2) is 6.89. The number of piperidine rings is 1. The van der Waals surface area contributed by atoms with Gasteiger partial charge in [0.15, 0.2) is 0 Å². The molecule has 134 valence electrons. The Bertz CT molecular complexity index is 896. The molecule has 0 spiro atoms. The van der Waals surface area contributed by atoms with Crippen LogP contribution in [0.2, 0.25) is 0 Å². The molecule has 0 atom stereocenters. The number of aromatic nitrogens is 1. The summed E-state index contributed by atoms with van der Waals surface area (Å²) in [4.78, 5) is 17.5. The summed E-state index contributed by atoms with van der Waals surface area (Å²) >= 11 is 0. The molecule has 1 saturated heterocycles. The lowest BCUT2D eigenvalue weighted by atomic mass is 10.1. The number of sulfonamides is 1. The number of benzene rings is 1. The van der Waals surface area contributed by atoms with E-state index in [4.69, 9.17) is 4.74 Å². The number of fused-ring (bicyclic) bond motifs is 1. The van der Waals surface area contributed by atoms with E-state index in [9.17, 15) is 13.2 Å². The molecule has 0 saturated carbocycles. The Labute approximate surface area is 146 Å². The maximum Gasteiger partial charge on any atom is 0.270 e. The fourth-order valence-corrected chi connectivity index (χ4v) is 3.80. The normalized spacial score (nSPS) is 16.1. The highest BCUT2D eigenvalue weighted by Crippen LogP contribution is 2.23. The maximum absolute atomic E-state index is 12.7. The van der Waals surface area contributed by atoms with Crippen molar-refractivity contribution in [3.63, 3.8) is 0 Å². The van der Waals surface area contributed by atoms with Crippen LogP contribution in [0.15, 0.2) is 36.3 Å². The van der Waals surface area contributed by atoms with Crippen molar-refractivity contribution in [2.75, 3.05) is 20.2 Å². The topological polar surface area (TPSA) is 91.5 Å². The number of nitrogens with one attached hydrogen (secondary N) is 2. The Hall–Kier alpha value is -2.32. The molecule has 1 aliphatic rings. The van der Waals surface area contributed by atoms with E-state index in [2.05, 4.69) is 16.3 Å². The van der Waals surface area contributed by atoms with Gasteiger partial charge in [0.25, 0.3) is 5.91 Å². The first-order valence-corrected chi connectivity index (χ1v) is 9.57. The molecule has 1 aromatic heterocycles. The molecule has 25 heavy (non-hydrogen) atoms. The smallest absolute Gasteiger partial charge is 0.270 e. The van der Waals surface area contributed by atoms with Crippen LogP contribution < -0.4 is 9.46 Å². The summed E-state index contributed by atoms with van der Waals surface area (Å²) in [5.41, 5.74) is 1.39. The zero-order valence-electron chi connectivity index (χ0n) is 14.0. The van der Waals surface area contributed by atoms with Crippen LogP contribution in [0.4, 0.5) is 0 Å². The summed E-state index contributed by atoms with van der Waals surface area (Å²) in [6.07, 6.45) is 1.15. The quantitative estimate of drug-likeness (QED) is 0.848. The van der Waals surface area contributed by atoms with E-state index < -0.39 is 10.0 Å². The van der Waals surface area contributed by atoms with Crippen LogP contribution in [0.1, 0.15) is 23.3 Å². The predicted octanol–water partition coefficient (Wildman–Crippen LogP) is 1.84. The third kappa shape index (κ3) is 3.85. The Balaban J connectivity index is 1.67. The van der Waals surface area contributed by atoms with Gasteiger partial charge in [-0.1, -0.05) is 6.58 Å². The van der Waals surface area contributed by atoms with E-state index in [0.29, 0.717) is 31.6 Å². The molecule has 1 fully saturated rings. The van der Waals surface area contributed by atoms with Crippen LogP contribution in [0, 0.1) is 0 Å². The minimum absolute atomic E-state index is 0.0832. The lowest BCUT2D eigenvalue weighted by molar-refractivity contribution is 0.0706. The van der Waals surface area contributed by atoms with Crippen LogP contribution in [-0.4, -0.2) is 50.5 Å². The number of nitrogens with zero attached hydrogens (tertiary/aromatic N) is 1. The molecule has 2 N–H and O–H groups in total. The zero-order valence-corrected chi connectivity index (χ0v) is 14.8. The highest BCUT2D eigenvalue weighted by Gasteiger charge is 2.26. The number of likely N-dealkylation sites (tertiary alicyclic amines) is 1. The van der Waals surface area contributed by atoms with Crippen molar-refractivity contribution >= 4 is 26.8 Å². The summed E-state index contributed by atoms with van der Waals surface area (Å²) in [6, 6.07) is 7.23. The second-order valence-corrected chi connectivity index (χ2v) is 7.69. The highest BCUT2D eigenvalue weighted by atomic mass is 32.2. The lowest BCUT2D eigenvalue weighted by Crippen LogP contribution is -2.46. The molecule has 3 rings (SSSR count). The number of ether oxygens (including phenoxy) is 1. The lowest BCUT2D eigenvalue weighted by Gasteiger charge is -2.31. The molecule has 0 radical (unpaired) electrons. The fourth-order valence-electron chi connectivity index (χ4n) is 3.00. The SMILES string of the molecule is C=CS(=O)(=O)NC1CCN(C(=O)c2cc3cc(OC)ccc3[nH]2)CC1. The molecule has 1 aliphatic heterocycles. The number of amides is 1. The number of rotatable bonds is 5. The minimum atomic E-state index is -3.44. The van der Waals surface area contributed by atoms with Gasteiger partial charge in [-0.2, -0.15) is 0 Å². The van der Waals surface area contributed by atoms with E-state index in [-0.39, 0.29) is 11.9 Å². The van der Waals surface area contributed by atoms with E-state index >= 15 is 0 Å². The molecular weight excluding hydrogens is 342 g/mol. The van der Waals surface area contributed by atoms with Gasteiger partial charge in [0, 0.05) is 35.4 Å². The number of aromatic amines is 1. The van der Waals surface area contributed by atoms with Crippen molar-refractivity contribution in [3.8, 4) is 5.75 Å².